The number of nitrogens with zero attached hydrogens (tertiary/aromatic N) is 1. The van der Waals surface area contributed by atoms with Gasteiger partial charge in [-0.15, -0.1) is 0 Å². The molecule has 2 heterocycles. The first-order valence-electron chi connectivity index (χ1n) is 17.3. The maximum atomic E-state index is 6.56. The second-order valence-corrected chi connectivity index (χ2v) is 12.9. The minimum atomic E-state index is 0.852. The molecule has 0 amide bonds. The second kappa shape index (κ2) is 11.9. The highest BCUT2D eigenvalue weighted by Gasteiger charge is 2.18. The van der Waals surface area contributed by atoms with Gasteiger partial charge in [0.15, 0.2) is 0 Å². The maximum absolute atomic E-state index is 6.56. The Bertz CT molecular complexity index is 2830. The summed E-state index contributed by atoms with van der Waals surface area (Å²) in [6.07, 6.45) is 0. The minimum absolute atomic E-state index is 0.852. The predicted molar refractivity (Wildman–Crippen MR) is 212 cm³/mol. The van der Waals surface area contributed by atoms with E-state index in [1.54, 1.807) is 0 Å². The van der Waals surface area contributed by atoms with Crippen LogP contribution in [0.3, 0.4) is 0 Å². The molecule has 51 heavy (non-hydrogen) atoms. The summed E-state index contributed by atoms with van der Waals surface area (Å²) in [5, 5.41) is 4.49. The first-order chi connectivity index (χ1) is 25.3. The third kappa shape index (κ3) is 4.98. The molecule has 0 atom stereocenters. The molecule has 0 N–H and O–H groups in total. The van der Waals surface area contributed by atoms with Crippen LogP contribution in [0, 0.1) is 0 Å². The summed E-state index contributed by atoms with van der Waals surface area (Å²) in [6.45, 7) is 0. The Kier molecular flexibility index (Phi) is 6.81. The molecule has 3 nitrogen and oxygen atoms in total. The van der Waals surface area contributed by atoms with E-state index in [-0.39, 0.29) is 0 Å². The monoisotopic (exact) mass is 653 g/mol. The number of hydrogen-bond acceptors (Lipinski definition) is 3. The molecule has 10 aromatic rings. The SMILES string of the molecule is c1ccc(-c2ccc(N(c3ccc(-c4cccc5c4oc4ccccc45)cc3)c3ccc4c(c3)oc3cccc(-c5ccccc5)c34)cc2)cc1. The van der Waals surface area contributed by atoms with Crippen molar-refractivity contribution in [2.75, 3.05) is 4.90 Å². The van der Waals surface area contributed by atoms with Gasteiger partial charge in [-0.1, -0.05) is 133 Å². The fourth-order valence-electron chi connectivity index (χ4n) is 7.46. The summed E-state index contributed by atoms with van der Waals surface area (Å²) >= 11 is 0. The van der Waals surface area contributed by atoms with E-state index in [0.717, 1.165) is 72.1 Å². The van der Waals surface area contributed by atoms with E-state index in [0.29, 0.717) is 0 Å². The van der Waals surface area contributed by atoms with Gasteiger partial charge in [0.1, 0.15) is 22.3 Å². The van der Waals surface area contributed by atoms with Crippen LogP contribution in [0.5, 0.6) is 0 Å². The van der Waals surface area contributed by atoms with E-state index < -0.39 is 0 Å². The Labute approximate surface area is 295 Å². The maximum Gasteiger partial charge on any atom is 0.143 e. The standard InChI is InChI=1S/C48H31NO2/c1-3-11-32(12-4-1)33-21-25-36(26-22-33)49(37-27-23-35(24-28-37)40-17-9-18-42-41-15-7-8-19-44(41)51-48(40)42)38-29-30-43-46(31-38)50-45-20-10-16-39(47(43)45)34-13-5-2-6-14-34/h1-31H. The molecule has 0 aliphatic carbocycles. The Morgan fingerprint density at radius 1 is 0.314 bits per heavy atom. The molecule has 240 valence electrons. The van der Waals surface area contributed by atoms with Crippen molar-refractivity contribution in [2.45, 2.75) is 0 Å². The van der Waals surface area contributed by atoms with Crippen molar-refractivity contribution in [1.82, 2.24) is 0 Å². The zero-order valence-electron chi connectivity index (χ0n) is 27.7. The zero-order valence-corrected chi connectivity index (χ0v) is 27.7. The Balaban J connectivity index is 1.10. The lowest BCUT2D eigenvalue weighted by atomic mass is 9.99. The van der Waals surface area contributed by atoms with E-state index in [1.807, 2.05) is 12.1 Å². The van der Waals surface area contributed by atoms with Crippen LogP contribution in [0.25, 0.3) is 77.3 Å². The number of hydrogen-bond donors (Lipinski definition) is 0. The third-order valence-electron chi connectivity index (χ3n) is 9.90. The fourth-order valence-corrected chi connectivity index (χ4v) is 7.46. The summed E-state index contributed by atoms with van der Waals surface area (Å²) in [5.41, 5.74) is 13.5. The van der Waals surface area contributed by atoms with Gasteiger partial charge in [-0.25, -0.2) is 0 Å². The Morgan fingerprint density at radius 3 is 1.63 bits per heavy atom. The van der Waals surface area contributed by atoms with E-state index in [4.69, 9.17) is 8.83 Å². The summed E-state index contributed by atoms with van der Waals surface area (Å²) in [5.74, 6) is 0. The largest absolute Gasteiger partial charge is 0.456 e. The molecule has 0 unspecified atom stereocenters. The van der Waals surface area contributed by atoms with Crippen LogP contribution in [-0.4, -0.2) is 0 Å². The predicted octanol–water partition coefficient (Wildman–Crippen LogP) is 14.0. The van der Waals surface area contributed by atoms with Crippen molar-refractivity contribution in [3.63, 3.8) is 0 Å². The molecule has 10 rings (SSSR count). The minimum Gasteiger partial charge on any atom is -0.456 e. The van der Waals surface area contributed by atoms with Crippen molar-refractivity contribution in [3.8, 4) is 33.4 Å². The molecule has 3 heteroatoms. The topological polar surface area (TPSA) is 29.5 Å². The van der Waals surface area contributed by atoms with Gasteiger partial charge < -0.3 is 13.7 Å². The molecule has 8 aromatic carbocycles. The molecular formula is C48H31NO2. The number of para-hydroxylation sites is 2. The molecule has 0 spiro atoms. The van der Waals surface area contributed by atoms with Crippen LogP contribution in [0.2, 0.25) is 0 Å². The molecule has 0 radical (unpaired) electrons. The first kappa shape index (κ1) is 29.1. The van der Waals surface area contributed by atoms with Gasteiger partial charge in [0.05, 0.1) is 0 Å². The van der Waals surface area contributed by atoms with Crippen molar-refractivity contribution >= 4 is 60.9 Å². The van der Waals surface area contributed by atoms with Gasteiger partial charge >= 0.3 is 0 Å². The van der Waals surface area contributed by atoms with Crippen molar-refractivity contribution in [2.24, 2.45) is 0 Å². The van der Waals surface area contributed by atoms with Crippen LogP contribution >= 0.6 is 0 Å². The highest BCUT2D eigenvalue weighted by Crippen LogP contribution is 2.42. The van der Waals surface area contributed by atoms with Gasteiger partial charge in [-0.05, 0) is 76.3 Å². The molecule has 0 fully saturated rings. The van der Waals surface area contributed by atoms with Crippen molar-refractivity contribution in [3.05, 3.63) is 188 Å². The summed E-state index contributed by atoms with van der Waals surface area (Å²) < 4.78 is 12.9. The lowest BCUT2D eigenvalue weighted by Gasteiger charge is -2.26. The van der Waals surface area contributed by atoms with Crippen LogP contribution in [0.15, 0.2) is 197 Å². The number of benzene rings is 8. The summed E-state index contributed by atoms with van der Waals surface area (Å²) in [6, 6.07) is 66.1. The highest BCUT2D eigenvalue weighted by molar-refractivity contribution is 6.13. The first-order valence-corrected chi connectivity index (χ1v) is 17.3. The number of rotatable bonds is 6. The number of fused-ring (bicyclic) bond motifs is 6. The quantitative estimate of drug-likeness (QED) is 0.179. The third-order valence-corrected chi connectivity index (χ3v) is 9.90. The van der Waals surface area contributed by atoms with E-state index >= 15 is 0 Å². The molecule has 0 aliphatic heterocycles. The molecule has 0 bridgehead atoms. The van der Waals surface area contributed by atoms with Crippen LogP contribution in [-0.2, 0) is 0 Å². The Morgan fingerprint density at radius 2 is 0.863 bits per heavy atom. The molecule has 0 saturated heterocycles. The number of furan rings is 2. The normalized spacial score (nSPS) is 11.5. The molecular weight excluding hydrogens is 623 g/mol. The van der Waals surface area contributed by atoms with Crippen molar-refractivity contribution in [1.29, 1.82) is 0 Å². The van der Waals surface area contributed by atoms with Crippen LogP contribution in [0.1, 0.15) is 0 Å². The van der Waals surface area contributed by atoms with E-state index in [9.17, 15) is 0 Å². The van der Waals surface area contributed by atoms with Gasteiger partial charge in [0, 0.05) is 50.2 Å². The van der Waals surface area contributed by atoms with Crippen LogP contribution in [0.4, 0.5) is 17.1 Å². The smallest absolute Gasteiger partial charge is 0.143 e. The summed E-state index contributed by atoms with van der Waals surface area (Å²) in [7, 11) is 0. The second-order valence-electron chi connectivity index (χ2n) is 12.9. The van der Waals surface area contributed by atoms with Gasteiger partial charge in [0.25, 0.3) is 0 Å². The summed E-state index contributed by atoms with van der Waals surface area (Å²) in [4.78, 5) is 2.30. The molecule has 0 aliphatic rings. The average Bonchev–Trinajstić information content (AvgIpc) is 3.78. The van der Waals surface area contributed by atoms with Crippen molar-refractivity contribution < 1.29 is 8.83 Å². The van der Waals surface area contributed by atoms with E-state index in [1.165, 1.54) is 22.3 Å². The number of anilines is 3. The lowest BCUT2D eigenvalue weighted by molar-refractivity contribution is 0.669. The average molecular weight is 654 g/mol. The van der Waals surface area contributed by atoms with Gasteiger partial charge in [-0.3, -0.25) is 0 Å². The molecule has 0 saturated carbocycles. The lowest BCUT2D eigenvalue weighted by Crippen LogP contribution is -2.09. The molecule has 2 aromatic heterocycles. The van der Waals surface area contributed by atoms with E-state index in [2.05, 4.69) is 181 Å². The zero-order chi connectivity index (χ0) is 33.7. The Hall–Kier alpha value is -6.84. The van der Waals surface area contributed by atoms with Gasteiger partial charge in [-0.2, -0.15) is 0 Å². The van der Waals surface area contributed by atoms with Crippen LogP contribution < -0.4 is 4.90 Å². The fraction of sp³-hybridized carbons (Fsp3) is 0. The van der Waals surface area contributed by atoms with Gasteiger partial charge in [0.2, 0.25) is 0 Å². The highest BCUT2D eigenvalue weighted by atomic mass is 16.3.